The van der Waals surface area contributed by atoms with Crippen LogP contribution in [0.2, 0.25) is 10.4 Å². The topological polar surface area (TPSA) is 71.5 Å². The number of piperazine rings is 1. The van der Waals surface area contributed by atoms with Crippen LogP contribution in [0.25, 0.3) is 10.9 Å². The standard InChI is InChI=1S/C17H18Cl2FN5O2/c1-17(2,3)27-16(26)25-8-4-9(25)7-24(6-8)14-10-5-21-13(18)11(20)12(10)22-15(19)23-14/h5,8-9H,4,6-7H2,1-3H3. The average Bonchev–Trinajstić information content (AvgIpc) is 2.56. The lowest BCUT2D eigenvalue weighted by Gasteiger charge is -2.56. The van der Waals surface area contributed by atoms with E-state index >= 15 is 0 Å². The van der Waals surface area contributed by atoms with E-state index in [0.29, 0.717) is 24.3 Å². The summed E-state index contributed by atoms with van der Waals surface area (Å²) >= 11 is 11.8. The van der Waals surface area contributed by atoms with E-state index in [0.717, 1.165) is 6.42 Å². The van der Waals surface area contributed by atoms with E-state index in [1.807, 2.05) is 25.7 Å². The molecule has 2 aromatic heterocycles. The molecular formula is C17H18Cl2FN5O2. The highest BCUT2D eigenvalue weighted by molar-refractivity contribution is 6.30. The van der Waals surface area contributed by atoms with Gasteiger partial charge in [-0.25, -0.2) is 19.2 Å². The van der Waals surface area contributed by atoms with Crippen molar-refractivity contribution < 1.29 is 13.9 Å². The zero-order valence-electron chi connectivity index (χ0n) is 15.0. The van der Waals surface area contributed by atoms with Crippen LogP contribution in [0.1, 0.15) is 27.2 Å². The second-order valence-electron chi connectivity index (χ2n) is 7.78. The van der Waals surface area contributed by atoms with Crippen molar-refractivity contribution in [2.24, 2.45) is 0 Å². The van der Waals surface area contributed by atoms with Crippen LogP contribution in [0.4, 0.5) is 15.0 Å². The second kappa shape index (κ2) is 6.31. The van der Waals surface area contributed by atoms with Crippen LogP contribution in [-0.2, 0) is 4.74 Å². The van der Waals surface area contributed by atoms with Crippen LogP contribution in [0, 0.1) is 5.82 Å². The first-order valence-electron chi connectivity index (χ1n) is 8.57. The molecule has 0 aromatic carbocycles. The summed E-state index contributed by atoms with van der Waals surface area (Å²) in [4.78, 5) is 28.2. The van der Waals surface area contributed by atoms with Gasteiger partial charge in [-0.15, -0.1) is 0 Å². The molecule has 0 N–H and O–H groups in total. The Morgan fingerprint density at radius 2 is 1.93 bits per heavy atom. The molecule has 3 saturated heterocycles. The molecule has 2 aromatic rings. The van der Waals surface area contributed by atoms with E-state index in [2.05, 4.69) is 15.0 Å². The molecule has 1 amide bonds. The monoisotopic (exact) mass is 413 g/mol. The first-order chi connectivity index (χ1) is 12.6. The van der Waals surface area contributed by atoms with E-state index in [4.69, 9.17) is 27.9 Å². The largest absolute Gasteiger partial charge is 0.444 e. The maximum atomic E-state index is 14.3. The Morgan fingerprint density at radius 3 is 2.56 bits per heavy atom. The van der Waals surface area contributed by atoms with E-state index in [-0.39, 0.29) is 34.1 Å². The molecule has 0 spiro atoms. The number of halogens is 3. The molecule has 5 rings (SSSR count). The summed E-state index contributed by atoms with van der Waals surface area (Å²) in [7, 11) is 0. The Labute approximate surface area is 165 Å². The number of pyridine rings is 1. The van der Waals surface area contributed by atoms with Gasteiger partial charge in [0, 0.05) is 19.3 Å². The van der Waals surface area contributed by atoms with Gasteiger partial charge in [0.05, 0.1) is 17.5 Å². The highest BCUT2D eigenvalue weighted by atomic mass is 35.5. The second-order valence-corrected chi connectivity index (χ2v) is 8.47. The lowest BCUT2D eigenvalue weighted by Crippen LogP contribution is -2.70. The predicted octanol–water partition coefficient (Wildman–Crippen LogP) is 3.67. The molecule has 0 saturated carbocycles. The van der Waals surface area contributed by atoms with Crippen LogP contribution in [-0.4, -0.2) is 56.7 Å². The smallest absolute Gasteiger partial charge is 0.410 e. The van der Waals surface area contributed by atoms with Gasteiger partial charge < -0.3 is 9.64 Å². The molecule has 144 valence electrons. The number of fused-ring (bicyclic) bond motifs is 3. The minimum absolute atomic E-state index is 0.00694. The van der Waals surface area contributed by atoms with E-state index in [1.54, 1.807) is 4.90 Å². The Bertz CT molecular complexity index is 924. The van der Waals surface area contributed by atoms with Gasteiger partial charge in [-0.05, 0) is 38.8 Å². The zero-order valence-corrected chi connectivity index (χ0v) is 16.6. The molecule has 0 aliphatic carbocycles. The van der Waals surface area contributed by atoms with Gasteiger partial charge in [-0.1, -0.05) is 11.6 Å². The number of anilines is 1. The highest BCUT2D eigenvalue weighted by Crippen LogP contribution is 2.38. The molecule has 2 bridgehead atoms. The fourth-order valence-electron chi connectivity index (χ4n) is 3.63. The molecule has 10 heteroatoms. The van der Waals surface area contributed by atoms with Crippen LogP contribution in [0.3, 0.4) is 0 Å². The first-order valence-corrected chi connectivity index (χ1v) is 9.33. The van der Waals surface area contributed by atoms with Crippen LogP contribution >= 0.6 is 23.2 Å². The summed E-state index contributed by atoms with van der Waals surface area (Å²) in [6, 6.07) is 0.0139. The fraction of sp³-hybridized carbons (Fsp3) is 0.529. The Morgan fingerprint density at radius 1 is 1.26 bits per heavy atom. The summed E-state index contributed by atoms with van der Waals surface area (Å²) in [5, 5.41) is 0.106. The third kappa shape index (κ3) is 3.25. The number of carbonyl (C=O) groups excluding carboxylic acids is 1. The number of piperidine rings is 1. The molecule has 0 radical (unpaired) electrons. The number of hydrogen-bond donors (Lipinski definition) is 0. The molecule has 3 aliphatic heterocycles. The lowest BCUT2D eigenvalue weighted by atomic mass is 9.88. The van der Waals surface area contributed by atoms with Crippen molar-refractivity contribution in [3.05, 3.63) is 22.5 Å². The maximum Gasteiger partial charge on any atom is 0.410 e. The predicted molar refractivity (Wildman–Crippen MR) is 99.8 cm³/mol. The van der Waals surface area contributed by atoms with Crippen molar-refractivity contribution in [3.63, 3.8) is 0 Å². The SMILES string of the molecule is CC(C)(C)OC(=O)N1C2CC1CN(c1nc(Cl)nc3c(F)c(Cl)ncc13)C2. The maximum absolute atomic E-state index is 14.3. The van der Waals surface area contributed by atoms with Gasteiger partial charge in [-0.2, -0.15) is 4.98 Å². The van der Waals surface area contributed by atoms with Crippen molar-refractivity contribution >= 4 is 46.0 Å². The summed E-state index contributed by atoms with van der Waals surface area (Å²) < 4.78 is 19.8. The molecular weight excluding hydrogens is 396 g/mol. The van der Waals surface area contributed by atoms with Gasteiger partial charge >= 0.3 is 6.09 Å². The Hall–Kier alpha value is -1.93. The minimum Gasteiger partial charge on any atom is -0.444 e. The minimum atomic E-state index is -0.725. The molecule has 2 unspecified atom stereocenters. The normalized spacial score (nSPS) is 22.0. The zero-order chi connectivity index (χ0) is 19.5. The summed E-state index contributed by atoms with van der Waals surface area (Å²) in [5.41, 5.74) is -0.507. The Balaban J connectivity index is 1.61. The number of ether oxygens (including phenoxy) is 1. The number of nitrogens with zero attached hydrogens (tertiary/aromatic N) is 5. The molecule has 2 atom stereocenters. The summed E-state index contributed by atoms with van der Waals surface area (Å²) in [5.74, 6) is -0.233. The van der Waals surface area contributed by atoms with Crippen LogP contribution in [0.15, 0.2) is 6.20 Å². The highest BCUT2D eigenvalue weighted by Gasteiger charge is 2.49. The number of hydrogen-bond acceptors (Lipinski definition) is 6. The quantitative estimate of drug-likeness (QED) is 0.524. The fourth-order valence-corrected chi connectivity index (χ4v) is 3.93. The third-order valence-corrected chi connectivity index (χ3v) is 5.12. The number of carbonyl (C=O) groups is 1. The average molecular weight is 414 g/mol. The van der Waals surface area contributed by atoms with Crippen molar-refractivity contribution in [1.29, 1.82) is 0 Å². The van der Waals surface area contributed by atoms with E-state index in [9.17, 15) is 9.18 Å². The third-order valence-electron chi connectivity index (χ3n) is 4.69. The number of rotatable bonds is 1. The van der Waals surface area contributed by atoms with Crippen molar-refractivity contribution in [2.75, 3.05) is 18.0 Å². The summed E-state index contributed by atoms with van der Waals surface area (Å²) in [6.45, 7) is 6.61. The van der Waals surface area contributed by atoms with Gasteiger partial charge in [0.25, 0.3) is 0 Å². The summed E-state index contributed by atoms with van der Waals surface area (Å²) in [6.07, 6.45) is 2.02. The lowest BCUT2D eigenvalue weighted by molar-refractivity contribution is -0.0380. The van der Waals surface area contributed by atoms with Gasteiger partial charge in [0.15, 0.2) is 11.0 Å². The van der Waals surface area contributed by atoms with Crippen molar-refractivity contribution in [3.8, 4) is 0 Å². The van der Waals surface area contributed by atoms with Crippen molar-refractivity contribution in [1.82, 2.24) is 19.9 Å². The van der Waals surface area contributed by atoms with Crippen LogP contribution in [0.5, 0.6) is 0 Å². The first kappa shape index (κ1) is 18.4. The van der Waals surface area contributed by atoms with Gasteiger partial charge in [0.2, 0.25) is 5.28 Å². The van der Waals surface area contributed by atoms with Gasteiger partial charge in [0.1, 0.15) is 16.9 Å². The van der Waals surface area contributed by atoms with Crippen molar-refractivity contribution in [2.45, 2.75) is 44.9 Å². The van der Waals surface area contributed by atoms with E-state index in [1.165, 1.54) is 6.20 Å². The molecule has 3 aliphatic rings. The molecule has 27 heavy (non-hydrogen) atoms. The van der Waals surface area contributed by atoms with Gasteiger partial charge in [-0.3, -0.25) is 4.90 Å². The number of aromatic nitrogens is 3. The molecule has 5 heterocycles. The van der Waals surface area contributed by atoms with Crippen LogP contribution < -0.4 is 4.90 Å². The van der Waals surface area contributed by atoms with E-state index < -0.39 is 11.4 Å². The molecule has 3 fully saturated rings. The number of amides is 1. The Kier molecular flexibility index (Phi) is 4.31. The molecule has 7 nitrogen and oxygen atoms in total.